The highest BCUT2D eigenvalue weighted by atomic mass is 31.2. The fraction of sp³-hybridized carbons (Fsp3) is 0.250. The first-order chi connectivity index (χ1) is 33.9. The molecule has 4 nitrogen and oxygen atoms in total. The summed E-state index contributed by atoms with van der Waals surface area (Å²) in [5.41, 5.74) is 19.9. The summed E-state index contributed by atoms with van der Waals surface area (Å²) in [5.74, 6) is 0. The molecular weight excluding hydrogens is 856 g/mol. The minimum Gasteiger partial charge on any atom is -0.156 e. The Morgan fingerprint density at radius 3 is 0.435 bits per heavy atom. The fourth-order valence-electron chi connectivity index (χ4n) is 10.3. The zero-order chi connectivity index (χ0) is 48.3. The predicted octanol–water partition coefficient (Wildman–Crippen LogP) is 18.5. The molecule has 0 amide bonds. The molecule has 0 bridgehead atoms. The van der Waals surface area contributed by atoms with E-state index in [-0.39, 0.29) is 0 Å². The molecule has 0 aliphatic rings. The summed E-state index contributed by atoms with van der Waals surface area (Å²) in [6.45, 7) is 18.6. The van der Waals surface area contributed by atoms with Gasteiger partial charge in [-0.1, -0.05) is 201 Å². The van der Waals surface area contributed by atoms with E-state index in [4.69, 9.17) is 0 Å². The van der Waals surface area contributed by atoms with E-state index in [0.717, 1.165) is 51.4 Å². The molecule has 69 heavy (non-hydrogen) atoms. The SMILES string of the molecule is CCc1ccccc1N(c1ccccc1CC)[P+](N(c1ccccc1CC)c1ccccc1CC)(N(c1ccccc1CC)c1ccccc1CC)N(c1ccccc1CC)c1ccccc1CC. The Labute approximate surface area is 415 Å². The molecule has 0 fully saturated rings. The quantitative estimate of drug-likeness (QED) is 0.0706. The lowest BCUT2D eigenvalue weighted by atomic mass is 10.1. The first-order valence-electron chi connectivity index (χ1n) is 25.7. The molecule has 0 unspecified atom stereocenters. The molecular formula is C64H72N4P+. The molecule has 8 rings (SSSR count). The molecule has 0 atom stereocenters. The Kier molecular flexibility index (Phi) is 16.0. The molecule has 0 aliphatic carbocycles. The number of hydrogen-bond donors (Lipinski definition) is 0. The minimum atomic E-state index is -3.70. The van der Waals surface area contributed by atoms with Gasteiger partial charge in [-0.05, 0) is 144 Å². The highest BCUT2D eigenvalue weighted by molar-refractivity contribution is 7.83. The maximum Gasteiger partial charge on any atom is 0.424 e. The third-order valence-electron chi connectivity index (χ3n) is 13.9. The zero-order valence-corrected chi connectivity index (χ0v) is 43.3. The zero-order valence-electron chi connectivity index (χ0n) is 42.4. The van der Waals surface area contributed by atoms with Crippen LogP contribution >= 0.6 is 7.87 Å². The van der Waals surface area contributed by atoms with Crippen LogP contribution in [0.5, 0.6) is 0 Å². The van der Waals surface area contributed by atoms with Gasteiger partial charge in [-0.25, -0.2) is 0 Å². The molecule has 0 aliphatic heterocycles. The molecule has 5 heteroatoms. The van der Waals surface area contributed by atoms with Gasteiger partial charge in [0.05, 0.1) is 45.5 Å². The first-order valence-corrected chi connectivity index (χ1v) is 27.3. The topological polar surface area (TPSA) is 13.0 Å². The van der Waals surface area contributed by atoms with Crippen LogP contribution in [0.2, 0.25) is 0 Å². The van der Waals surface area contributed by atoms with E-state index in [0.29, 0.717) is 0 Å². The van der Waals surface area contributed by atoms with E-state index in [1.165, 1.54) is 90.0 Å². The van der Waals surface area contributed by atoms with Crippen molar-refractivity contribution < 1.29 is 0 Å². The lowest BCUT2D eigenvalue weighted by molar-refractivity contribution is 1.04. The molecule has 8 aromatic rings. The van der Waals surface area contributed by atoms with Crippen LogP contribution in [0.4, 0.5) is 45.5 Å². The Morgan fingerprint density at radius 2 is 0.319 bits per heavy atom. The molecule has 0 radical (unpaired) electrons. The van der Waals surface area contributed by atoms with Gasteiger partial charge in [0.2, 0.25) is 0 Å². The molecule has 0 spiro atoms. The summed E-state index contributed by atoms with van der Waals surface area (Å²) in [7, 11) is -3.70. The molecule has 0 N–H and O–H groups in total. The number of nitrogens with zero attached hydrogens (tertiary/aromatic N) is 4. The fourth-order valence-corrected chi connectivity index (χ4v) is 15.3. The van der Waals surface area contributed by atoms with Crippen LogP contribution < -0.4 is 18.7 Å². The third kappa shape index (κ3) is 9.20. The first kappa shape index (κ1) is 48.8. The second-order valence-corrected chi connectivity index (χ2v) is 20.3. The minimum absolute atomic E-state index is 0.853. The molecule has 0 saturated carbocycles. The number of rotatable bonds is 20. The van der Waals surface area contributed by atoms with Crippen molar-refractivity contribution in [3.05, 3.63) is 239 Å². The summed E-state index contributed by atoms with van der Waals surface area (Å²) >= 11 is 0. The Bertz CT molecular complexity index is 2360. The van der Waals surface area contributed by atoms with Gasteiger partial charge in [-0.15, -0.1) is 0 Å². The van der Waals surface area contributed by atoms with Gasteiger partial charge in [0, 0.05) is 0 Å². The van der Waals surface area contributed by atoms with Crippen molar-refractivity contribution in [2.75, 3.05) is 18.7 Å². The molecule has 0 heterocycles. The van der Waals surface area contributed by atoms with E-state index in [1.807, 2.05) is 0 Å². The number of hydrogen-bond acceptors (Lipinski definition) is 4. The van der Waals surface area contributed by atoms with Gasteiger partial charge in [0.1, 0.15) is 0 Å². The van der Waals surface area contributed by atoms with Gasteiger partial charge in [-0.3, -0.25) is 0 Å². The Morgan fingerprint density at radius 1 is 0.203 bits per heavy atom. The van der Waals surface area contributed by atoms with Crippen molar-refractivity contribution in [2.45, 2.75) is 107 Å². The van der Waals surface area contributed by atoms with Gasteiger partial charge in [0.15, 0.2) is 0 Å². The van der Waals surface area contributed by atoms with E-state index in [2.05, 4.69) is 268 Å². The molecule has 0 aromatic heterocycles. The smallest absolute Gasteiger partial charge is 0.156 e. The average Bonchev–Trinajstić information content (AvgIpc) is 3.42. The average molecular weight is 928 g/mol. The van der Waals surface area contributed by atoms with Crippen molar-refractivity contribution in [3.63, 3.8) is 0 Å². The highest BCUT2D eigenvalue weighted by Gasteiger charge is 2.68. The van der Waals surface area contributed by atoms with Crippen molar-refractivity contribution in [2.24, 2.45) is 0 Å². The van der Waals surface area contributed by atoms with Crippen LogP contribution in [-0.2, 0) is 51.4 Å². The van der Waals surface area contributed by atoms with Crippen LogP contribution in [-0.4, -0.2) is 0 Å². The normalized spacial score (nSPS) is 11.4. The molecule has 8 aromatic carbocycles. The summed E-state index contributed by atoms with van der Waals surface area (Å²) in [6, 6.07) is 74.3. The number of para-hydroxylation sites is 8. The lowest BCUT2D eigenvalue weighted by Gasteiger charge is -2.54. The summed E-state index contributed by atoms with van der Waals surface area (Å²) in [6.07, 6.45) is 6.83. The number of anilines is 8. The van der Waals surface area contributed by atoms with Crippen LogP contribution in [0, 0.1) is 0 Å². The van der Waals surface area contributed by atoms with Crippen LogP contribution in [0.1, 0.15) is 99.9 Å². The second-order valence-electron chi connectivity index (χ2n) is 17.6. The summed E-state index contributed by atoms with van der Waals surface area (Å²) < 4.78 is 11.6. The largest absolute Gasteiger partial charge is 0.424 e. The Hall–Kier alpha value is -6.61. The van der Waals surface area contributed by atoms with Crippen molar-refractivity contribution in [3.8, 4) is 0 Å². The second kappa shape index (κ2) is 22.7. The van der Waals surface area contributed by atoms with E-state index >= 15 is 0 Å². The highest BCUT2D eigenvalue weighted by Crippen LogP contribution is 2.82. The van der Waals surface area contributed by atoms with Gasteiger partial charge >= 0.3 is 7.87 Å². The number of aryl methyl sites for hydroxylation is 8. The standard InChI is InChI=1S/C64H72N4P/c1-9-49-33-17-25-41-57(49)65(58-42-26-18-34-50(58)10-2)69(66(59-43-27-19-35-51(59)11-3)60-44-28-20-36-52(60)12-4,67(61-45-29-21-37-53(61)13-5)62-46-30-22-38-54(62)14-6)68(63-47-31-23-39-55(63)15-7)64-48-32-24-40-56(64)16-8/h17-48H,9-16H2,1-8H3/q+1. The molecule has 0 saturated heterocycles. The van der Waals surface area contributed by atoms with Crippen molar-refractivity contribution in [1.29, 1.82) is 0 Å². The van der Waals surface area contributed by atoms with Gasteiger partial charge in [-0.2, -0.15) is 18.7 Å². The van der Waals surface area contributed by atoms with Crippen molar-refractivity contribution in [1.82, 2.24) is 0 Å². The van der Waals surface area contributed by atoms with Crippen LogP contribution in [0.3, 0.4) is 0 Å². The lowest BCUT2D eigenvalue weighted by Crippen LogP contribution is -2.50. The van der Waals surface area contributed by atoms with E-state index < -0.39 is 7.87 Å². The van der Waals surface area contributed by atoms with Crippen LogP contribution in [0.25, 0.3) is 0 Å². The summed E-state index contributed by atoms with van der Waals surface area (Å²) in [5, 5.41) is 0. The number of benzene rings is 8. The van der Waals surface area contributed by atoms with E-state index in [1.54, 1.807) is 0 Å². The van der Waals surface area contributed by atoms with E-state index in [9.17, 15) is 0 Å². The van der Waals surface area contributed by atoms with Gasteiger partial charge in [0.25, 0.3) is 0 Å². The summed E-state index contributed by atoms with van der Waals surface area (Å²) in [4.78, 5) is 0. The van der Waals surface area contributed by atoms with Crippen LogP contribution in [0.15, 0.2) is 194 Å². The van der Waals surface area contributed by atoms with Crippen molar-refractivity contribution >= 4 is 53.4 Å². The molecule has 352 valence electrons. The van der Waals surface area contributed by atoms with Gasteiger partial charge < -0.3 is 0 Å². The third-order valence-corrected chi connectivity index (χ3v) is 17.7. The maximum absolute atomic E-state index is 3.70. The monoisotopic (exact) mass is 928 g/mol. The maximum atomic E-state index is 2.89. The predicted molar refractivity (Wildman–Crippen MR) is 302 cm³/mol. The Balaban J connectivity index is 1.85.